The van der Waals surface area contributed by atoms with Gasteiger partial charge < -0.3 is 15.4 Å². The third kappa shape index (κ3) is 5.00. The van der Waals surface area contributed by atoms with E-state index in [1.807, 2.05) is 42.5 Å². The van der Waals surface area contributed by atoms with Crippen molar-refractivity contribution in [3.63, 3.8) is 0 Å². The molecule has 6 nitrogen and oxygen atoms in total. The van der Waals surface area contributed by atoms with Crippen molar-refractivity contribution in [3.05, 3.63) is 77.9 Å². The van der Waals surface area contributed by atoms with Crippen LogP contribution < -0.4 is 15.4 Å². The highest BCUT2D eigenvalue weighted by molar-refractivity contribution is 5.89. The summed E-state index contributed by atoms with van der Waals surface area (Å²) in [6.45, 7) is 4.78. The van der Waals surface area contributed by atoms with Crippen LogP contribution in [0.2, 0.25) is 0 Å². The summed E-state index contributed by atoms with van der Waals surface area (Å²) < 4.78 is 6.28. The van der Waals surface area contributed by atoms with Crippen LogP contribution in [0.25, 0.3) is 22.0 Å². The van der Waals surface area contributed by atoms with E-state index in [0.717, 1.165) is 53.6 Å². The van der Waals surface area contributed by atoms with Gasteiger partial charge in [0, 0.05) is 5.69 Å². The molecule has 6 heteroatoms. The van der Waals surface area contributed by atoms with Gasteiger partial charge in [0.2, 0.25) is 11.8 Å². The number of benzene rings is 3. The van der Waals surface area contributed by atoms with Gasteiger partial charge in [-0.2, -0.15) is 10.2 Å². The van der Waals surface area contributed by atoms with E-state index >= 15 is 0 Å². The minimum absolute atomic E-state index is 0.508. The summed E-state index contributed by atoms with van der Waals surface area (Å²) in [4.78, 5) is 9.54. The summed E-state index contributed by atoms with van der Waals surface area (Å²) in [7, 11) is 0. The number of rotatable bonds is 6. The second-order valence-electron chi connectivity index (χ2n) is 8.77. The summed E-state index contributed by atoms with van der Waals surface area (Å²) in [5.41, 5.74) is 5.64. The number of anilines is 2. The molecule has 1 aromatic heterocycles. The lowest BCUT2D eigenvalue weighted by Crippen LogP contribution is -2.30. The molecule has 1 aliphatic heterocycles. The number of hydrogen-bond acceptors (Lipinski definition) is 6. The van der Waals surface area contributed by atoms with Crippen molar-refractivity contribution < 1.29 is 4.74 Å². The van der Waals surface area contributed by atoms with Crippen LogP contribution in [0, 0.1) is 24.2 Å². The van der Waals surface area contributed by atoms with Gasteiger partial charge in [0.1, 0.15) is 0 Å². The summed E-state index contributed by atoms with van der Waals surface area (Å²) in [5.74, 6) is 1.64. The number of aromatic nitrogens is 2. The van der Waals surface area contributed by atoms with E-state index in [4.69, 9.17) is 20.0 Å². The van der Waals surface area contributed by atoms with Crippen LogP contribution in [0.1, 0.15) is 24.0 Å². The molecule has 0 amide bonds. The number of ether oxygens (including phenoxy) is 1. The molecule has 0 radical (unpaired) electrons. The average molecular weight is 450 g/mol. The van der Waals surface area contributed by atoms with E-state index in [9.17, 15) is 0 Å². The molecule has 1 fully saturated rings. The Hall–Kier alpha value is -3.95. The second kappa shape index (κ2) is 9.90. The number of fused-ring (bicyclic) bond motifs is 1. The lowest BCUT2D eigenvalue weighted by Gasteiger charge is -2.22. The topological polar surface area (TPSA) is 82.9 Å². The smallest absolute Gasteiger partial charge is 0.231 e. The lowest BCUT2D eigenvalue weighted by atomic mass is 9.99. The zero-order valence-electron chi connectivity index (χ0n) is 19.2. The Kier molecular flexibility index (Phi) is 6.37. The van der Waals surface area contributed by atoms with Crippen LogP contribution in [0.5, 0.6) is 5.88 Å². The van der Waals surface area contributed by atoms with Gasteiger partial charge in [0.15, 0.2) is 0 Å². The summed E-state index contributed by atoms with van der Waals surface area (Å²) in [6, 6.07) is 24.0. The van der Waals surface area contributed by atoms with Crippen LogP contribution in [0.15, 0.2) is 66.7 Å². The molecule has 0 unspecified atom stereocenters. The Morgan fingerprint density at radius 1 is 0.971 bits per heavy atom. The molecule has 5 rings (SSSR count). The number of hydrogen-bond donors (Lipinski definition) is 2. The van der Waals surface area contributed by atoms with Crippen LogP contribution in [-0.2, 0) is 0 Å². The first kappa shape index (κ1) is 21.9. The van der Waals surface area contributed by atoms with Crippen molar-refractivity contribution in [2.75, 3.05) is 25.0 Å². The zero-order chi connectivity index (χ0) is 23.3. The van der Waals surface area contributed by atoms with E-state index in [0.29, 0.717) is 29.9 Å². The molecular formula is C28H27N5O. The first-order chi connectivity index (χ1) is 16.7. The quantitative estimate of drug-likeness (QED) is 0.399. The molecule has 3 aromatic carbocycles. The Labute approximate surface area is 199 Å². The van der Waals surface area contributed by atoms with E-state index in [-0.39, 0.29) is 0 Å². The predicted octanol–water partition coefficient (Wildman–Crippen LogP) is 5.60. The fourth-order valence-corrected chi connectivity index (χ4v) is 4.19. The van der Waals surface area contributed by atoms with Crippen molar-refractivity contribution in [3.8, 4) is 23.1 Å². The third-order valence-corrected chi connectivity index (χ3v) is 6.23. The van der Waals surface area contributed by atoms with Crippen molar-refractivity contribution in [2.24, 2.45) is 5.92 Å². The van der Waals surface area contributed by atoms with Crippen molar-refractivity contribution in [1.29, 1.82) is 5.26 Å². The highest BCUT2D eigenvalue weighted by Gasteiger charge is 2.16. The van der Waals surface area contributed by atoms with Gasteiger partial charge in [-0.3, -0.25) is 0 Å². The molecule has 2 N–H and O–H groups in total. The van der Waals surface area contributed by atoms with Crippen molar-refractivity contribution in [1.82, 2.24) is 15.3 Å². The maximum absolute atomic E-state index is 9.09. The highest BCUT2D eigenvalue weighted by Crippen LogP contribution is 2.30. The van der Waals surface area contributed by atoms with Gasteiger partial charge in [-0.25, -0.2) is 4.98 Å². The first-order valence-corrected chi connectivity index (χ1v) is 11.7. The summed E-state index contributed by atoms with van der Waals surface area (Å²) >= 11 is 0. The molecule has 0 spiro atoms. The van der Waals surface area contributed by atoms with Gasteiger partial charge in [-0.15, -0.1) is 0 Å². The Bertz CT molecular complexity index is 1320. The maximum Gasteiger partial charge on any atom is 0.231 e. The molecule has 4 aromatic rings. The Morgan fingerprint density at radius 3 is 2.44 bits per heavy atom. The number of nitrogens with one attached hydrogen (secondary N) is 2. The first-order valence-electron chi connectivity index (χ1n) is 11.7. The van der Waals surface area contributed by atoms with Gasteiger partial charge in [-0.1, -0.05) is 35.9 Å². The number of nitriles is 1. The number of nitrogens with zero attached hydrogens (tertiary/aromatic N) is 3. The molecule has 170 valence electrons. The summed E-state index contributed by atoms with van der Waals surface area (Å²) in [5, 5.41) is 16.7. The molecule has 1 saturated heterocycles. The van der Waals surface area contributed by atoms with E-state index in [2.05, 4.69) is 47.9 Å². The summed E-state index contributed by atoms with van der Waals surface area (Å²) in [6.07, 6.45) is 2.22. The zero-order valence-corrected chi connectivity index (χ0v) is 19.2. The minimum Gasteiger partial charge on any atom is -0.477 e. The SMILES string of the molecule is Cc1ccc(Nc2nc(OCC3CCNCC3)c3ccc(-c4ccc(C#N)cc4)cc3n2)cc1. The highest BCUT2D eigenvalue weighted by atomic mass is 16.5. The monoisotopic (exact) mass is 449 g/mol. The standard InChI is InChI=1S/C28H27N5O/c1-19-2-9-24(10-3-19)31-28-32-26-16-23(22-6-4-20(17-29)5-7-22)8-11-25(26)27(33-28)34-18-21-12-14-30-15-13-21/h2-11,16,21,30H,12-15,18H2,1H3,(H,31,32,33). The number of aryl methyl sites for hydroxylation is 1. The van der Waals surface area contributed by atoms with Gasteiger partial charge in [0.25, 0.3) is 0 Å². The molecule has 1 aliphatic rings. The van der Waals surface area contributed by atoms with Gasteiger partial charge in [-0.05, 0) is 86.3 Å². The number of piperidine rings is 1. The molecule has 0 bridgehead atoms. The minimum atomic E-state index is 0.508. The van der Waals surface area contributed by atoms with Gasteiger partial charge in [0.05, 0.1) is 29.1 Å². The van der Waals surface area contributed by atoms with E-state index in [1.54, 1.807) is 0 Å². The van der Waals surface area contributed by atoms with Crippen LogP contribution >= 0.6 is 0 Å². The molecule has 34 heavy (non-hydrogen) atoms. The third-order valence-electron chi connectivity index (χ3n) is 6.23. The molecule has 0 saturated carbocycles. The fraction of sp³-hybridized carbons (Fsp3) is 0.250. The van der Waals surface area contributed by atoms with Crippen LogP contribution in [-0.4, -0.2) is 29.7 Å². The van der Waals surface area contributed by atoms with Gasteiger partial charge >= 0.3 is 0 Å². The molecular weight excluding hydrogens is 422 g/mol. The largest absolute Gasteiger partial charge is 0.477 e. The van der Waals surface area contributed by atoms with Crippen LogP contribution in [0.3, 0.4) is 0 Å². The Balaban J connectivity index is 1.50. The fourth-order valence-electron chi connectivity index (χ4n) is 4.19. The normalized spacial score (nSPS) is 14.0. The Morgan fingerprint density at radius 2 is 1.71 bits per heavy atom. The van der Waals surface area contributed by atoms with E-state index < -0.39 is 0 Å². The van der Waals surface area contributed by atoms with Crippen LogP contribution in [0.4, 0.5) is 11.6 Å². The maximum atomic E-state index is 9.09. The molecule has 2 heterocycles. The second-order valence-corrected chi connectivity index (χ2v) is 8.77. The predicted molar refractivity (Wildman–Crippen MR) is 135 cm³/mol. The lowest BCUT2D eigenvalue weighted by molar-refractivity contribution is 0.211. The van der Waals surface area contributed by atoms with Crippen molar-refractivity contribution >= 4 is 22.5 Å². The average Bonchev–Trinajstić information content (AvgIpc) is 2.89. The molecule has 0 aliphatic carbocycles. The van der Waals surface area contributed by atoms with Crippen molar-refractivity contribution in [2.45, 2.75) is 19.8 Å². The molecule has 0 atom stereocenters. The van der Waals surface area contributed by atoms with E-state index in [1.165, 1.54) is 5.56 Å².